The molecule has 0 unspecified atom stereocenters. The molecule has 1 saturated carbocycles. The van der Waals surface area contributed by atoms with Gasteiger partial charge in [-0.15, -0.1) is 11.3 Å². The molecule has 3 rings (SSSR count). The van der Waals surface area contributed by atoms with Crippen LogP contribution in [-0.2, 0) is 14.3 Å². The summed E-state index contributed by atoms with van der Waals surface area (Å²) in [5.41, 5.74) is 1.15. The van der Waals surface area contributed by atoms with Crippen LogP contribution < -0.4 is 5.32 Å². The second-order valence-electron chi connectivity index (χ2n) is 6.54. The number of thiophene rings is 1. The number of hydrogen-bond acceptors (Lipinski definition) is 7. The number of thioether (sulfide) groups is 1. The summed E-state index contributed by atoms with van der Waals surface area (Å²) in [6.07, 6.45) is 4.32. The van der Waals surface area contributed by atoms with E-state index in [1.165, 1.54) is 16.6 Å². The van der Waals surface area contributed by atoms with E-state index < -0.39 is 5.97 Å². The molecule has 0 saturated heterocycles. The van der Waals surface area contributed by atoms with E-state index in [9.17, 15) is 9.59 Å². The Morgan fingerprint density at radius 1 is 1.23 bits per heavy atom. The van der Waals surface area contributed by atoms with Gasteiger partial charge in [0, 0.05) is 16.3 Å². The van der Waals surface area contributed by atoms with Gasteiger partial charge in [0.05, 0.1) is 5.75 Å². The summed E-state index contributed by atoms with van der Waals surface area (Å²) in [5, 5.41) is 4.71. The molecule has 1 aliphatic rings. The fourth-order valence-corrected chi connectivity index (χ4v) is 5.14. The lowest BCUT2D eigenvalue weighted by molar-refractivity contribution is -0.146. The number of nitrogens with zero attached hydrogens (tertiary/aromatic N) is 2. The van der Waals surface area contributed by atoms with E-state index in [1.54, 1.807) is 11.3 Å². The van der Waals surface area contributed by atoms with Crippen LogP contribution in [-0.4, -0.2) is 40.2 Å². The average Bonchev–Trinajstić information content (AvgIpc) is 3.19. The van der Waals surface area contributed by atoms with Gasteiger partial charge in [-0.05, 0) is 39.2 Å². The van der Waals surface area contributed by atoms with Crippen molar-refractivity contribution in [2.75, 3.05) is 12.4 Å². The van der Waals surface area contributed by atoms with Crippen molar-refractivity contribution in [3.05, 3.63) is 16.3 Å². The summed E-state index contributed by atoms with van der Waals surface area (Å²) in [6.45, 7) is 5.73. The lowest BCUT2D eigenvalue weighted by atomic mass is 10.2. The lowest BCUT2D eigenvalue weighted by Gasteiger charge is -2.12. The molecule has 6 nitrogen and oxygen atoms in total. The highest BCUT2D eigenvalue weighted by molar-refractivity contribution is 8.00. The fourth-order valence-electron chi connectivity index (χ4n) is 3.07. The van der Waals surface area contributed by atoms with E-state index in [0.29, 0.717) is 5.82 Å². The van der Waals surface area contributed by atoms with Gasteiger partial charge in [0.2, 0.25) is 0 Å². The molecule has 0 bridgehead atoms. The Morgan fingerprint density at radius 3 is 2.69 bits per heavy atom. The Labute approximate surface area is 161 Å². The highest BCUT2D eigenvalue weighted by Crippen LogP contribution is 2.35. The number of esters is 1. The first kappa shape index (κ1) is 19.1. The second kappa shape index (κ2) is 8.35. The van der Waals surface area contributed by atoms with Crippen molar-refractivity contribution < 1.29 is 14.3 Å². The molecule has 2 aromatic rings. The molecule has 0 spiro atoms. The van der Waals surface area contributed by atoms with Gasteiger partial charge < -0.3 is 10.1 Å². The van der Waals surface area contributed by atoms with E-state index >= 15 is 0 Å². The molecule has 1 amide bonds. The Kier molecular flexibility index (Phi) is 6.13. The topological polar surface area (TPSA) is 81.2 Å². The summed E-state index contributed by atoms with van der Waals surface area (Å²) < 4.78 is 5.10. The minimum absolute atomic E-state index is 0.122. The molecule has 140 valence electrons. The third-order valence-corrected chi connectivity index (χ3v) is 6.57. The summed E-state index contributed by atoms with van der Waals surface area (Å²) in [5.74, 6) is 0.173. The number of nitrogens with one attached hydrogen (secondary N) is 1. The first-order chi connectivity index (χ1) is 12.4. The largest absolute Gasteiger partial charge is 0.455 e. The number of amides is 1. The third-order valence-electron chi connectivity index (χ3n) is 4.52. The molecule has 1 fully saturated rings. The van der Waals surface area contributed by atoms with E-state index in [-0.39, 0.29) is 24.3 Å². The summed E-state index contributed by atoms with van der Waals surface area (Å²) >= 11 is 2.97. The van der Waals surface area contributed by atoms with Crippen molar-refractivity contribution >= 4 is 45.2 Å². The van der Waals surface area contributed by atoms with Gasteiger partial charge in [-0.1, -0.05) is 24.6 Å². The molecule has 0 atom stereocenters. The van der Waals surface area contributed by atoms with Gasteiger partial charge in [-0.3, -0.25) is 9.59 Å². The molecule has 26 heavy (non-hydrogen) atoms. The molecule has 1 N–H and O–H groups in total. The van der Waals surface area contributed by atoms with Crippen LogP contribution in [0.15, 0.2) is 5.03 Å². The Balaban J connectivity index is 1.54. The fraction of sp³-hybridized carbons (Fsp3) is 0.556. The molecule has 8 heteroatoms. The molecule has 0 aliphatic heterocycles. The third kappa shape index (κ3) is 4.54. The summed E-state index contributed by atoms with van der Waals surface area (Å²) in [4.78, 5) is 34.9. The zero-order chi connectivity index (χ0) is 18.7. The minimum Gasteiger partial charge on any atom is -0.455 e. The van der Waals surface area contributed by atoms with Gasteiger partial charge >= 0.3 is 5.97 Å². The monoisotopic (exact) mass is 393 g/mol. The van der Waals surface area contributed by atoms with Crippen LogP contribution in [0.25, 0.3) is 10.2 Å². The van der Waals surface area contributed by atoms with Gasteiger partial charge in [-0.2, -0.15) is 0 Å². The van der Waals surface area contributed by atoms with Crippen LogP contribution in [0.4, 0.5) is 0 Å². The minimum atomic E-state index is -0.411. The van der Waals surface area contributed by atoms with E-state index in [0.717, 1.165) is 46.5 Å². The molecule has 1 aliphatic carbocycles. The van der Waals surface area contributed by atoms with Crippen molar-refractivity contribution in [1.29, 1.82) is 0 Å². The maximum atomic E-state index is 12.0. The number of aryl methyl sites for hydroxylation is 3. The zero-order valence-electron chi connectivity index (χ0n) is 15.3. The van der Waals surface area contributed by atoms with Gasteiger partial charge in [-0.25, -0.2) is 9.97 Å². The zero-order valence-corrected chi connectivity index (χ0v) is 16.9. The molecule has 0 radical (unpaired) electrons. The Hall–Kier alpha value is -1.67. The van der Waals surface area contributed by atoms with E-state index in [1.807, 2.05) is 13.8 Å². The SMILES string of the molecule is Cc1nc(SCC(=O)OCC(=O)NC2CCCC2)c2c(C)c(C)sc2n1. The second-order valence-corrected chi connectivity index (χ2v) is 8.70. The van der Waals surface area contributed by atoms with Crippen LogP contribution >= 0.6 is 23.1 Å². The molecule has 2 heterocycles. The highest BCUT2D eigenvalue weighted by Gasteiger charge is 2.19. The van der Waals surface area contributed by atoms with Crippen LogP contribution in [0, 0.1) is 20.8 Å². The molecular weight excluding hydrogens is 370 g/mol. The highest BCUT2D eigenvalue weighted by atomic mass is 32.2. The van der Waals surface area contributed by atoms with E-state index in [2.05, 4.69) is 22.2 Å². The van der Waals surface area contributed by atoms with Crippen molar-refractivity contribution in [2.24, 2.45) is 0 Å². The number of ether oxygens (including phenoxy) is 1. The van der Waals surface area contributed by atoms with Gasteiger partial charge in [0.15, 0.2) is 6.61 Å². The van der Waals surface area contributed by atoms with Gasteiger partial charge in [0.25, 0.3) is 5.91 Å². The maximum Gasteiger partial charge on any atom is 0.316 e. The number of hydrogen-bond donors (Lipinski definition) is 1. The number of aromatic nitrogens is 2. The molecular formula is C18H23N3O3S2. The maximum absolute atomic E-state index is 12.0. The lowest BCUT2D eigenvalue weighted by Crippen LogP contribution is -2.36. The van der Waals surface area contributed by atoms with Gasteiger partial charge in [0.1, 0.15) is 15.7 Å². The van der Waals surface area contributed by atoms with Crippen LogP contribution in [0.1, 0.15) is 41.9 Å². The first-order valence-electron chi connectivity index (χ1n) is 8.76. The van der Waals surface area contributed by atoms with Crippen molar-refractivity contribution in [3.63, 3.8) is 0 Å². The predicted octanol–water partition coefficient (Wildman–Crippen LogP) is 3.31. The summed E-state index contributed by atoms with van der Waals surface area (Å²) in [7, 11) is 0. The number of carbonyl (C=O) groups is 2. The quantitative estimate of drug-likeness (QED) is 0.461. The average molecular weight is 394 g/mol. The Bertz CT molecular complexity index is 829. The van der Waals surface area contributed by atoms with E-state index in [4.69, 9.17) is 4.74 Å². The first-order valence-corrected chi connectivity index (χ1v) is 10.6. The number of carbonyl (C=O) groups excluding carboxylic acids is 2. The van der Waals surface area contributed by atoms with Crippen LogP contribution in [0.3, 0.4) is 0 Å². The van der Waals surface area contributed by atoms with Crippen molar-refractivity contribution in [2.45, 2.75) is 57.5 Å². The number of fused-ring (bicyclic) bond motifs is 1. The number of rotatable bonds is 6. The van der Waals surface area contributed by atoms with Crippen LogP contribution in [0.5, 0.6) is 0 Å². The van der Waals surface area contributed by atoms with Crippen molar-refractivity contribution in [3.8, 4) is 0 Å². The Morgan fingerprint density at radius 2 is 1.96 bits per heavy atom. The molecule has 0 aromatic carbocycles. The van der Waals surface area contributed by atoms with Crippen LogP contribution in [0.2, 0.25) is 0 Å². The molecule has 2 aromatic heterocycles. The normalized spacial score (nSPS) is 14.7. The van der Waals surface area contributed by atoms with Crippen molar-refractivity contribution in [1.82, 2.24) is 15.3 Å². The smallest absolute Gasteiger partial charge is 0.316 e. The standard InChI is InChI=1S/C18H23N3O3S2/c1-10-11(2)26-18-16(10)17(19-12(3)20-18)25-9-15(23)24-8-14(22)21-13-6-4-5-7-13/h13H,4-9H2,1-3H3,(H,21,22). The summed E-state index contributed by atoms with van der Waals surface area (Å²) in [6, 6.07) is 0.234. The predicted molar refractivity (Wildman–Crippen MR) is 104 cm³/mol.